The summed E-state index contributed by atoms with van der Waals surface area (Å²) in [6.45, 7) is 0. The molecule has 0 atom stereocenters. The van der Waals surface area contributed by atoms with E-state index in [1.54, 1.807) is 0 Å². The third kappa shape index (κ3) is 3380. The summed E-state index contributed by atoms with van der Waals surface area (Å²) >= 11 is 12.1. The van der Waals surface area contributed by atoms with E-state index in [1.165, 1.54) is 0 Å². The Kier molecular flexibility index (Phi) is 62.6. The summed E-state index contributed by atoms with van der Waals surface area (Å²) in [5, 5.41) is 25.6. The number of hydrogen-bond donors (Lipinski definition) is 6. The van der Waals surface area contributed by atoms with Gasteiger partial charge in [0.15, 0.2) is 0 Å². The van der Waals surface area contributed by atoms with Gasteiger partial charge in [-0.25, -0.2) is 14.4 Å². The van der Waals surface area contributed by atoms with Crippen LogP contribution >= 0.6 is 37.9 Å². The molecule has 8 nitrogen and oxygen atoms in total. The predicted octanol–water partition coefficient (Wildman–Crippen LogP) is -5.33. The molecule has 0 amide bonds. The Balaban J connectivity index is -0.0000000257. The fourth-order valence-corrected chi connectivity index (χ4v) is 0. The van der Waals surface area contributed by atoms with Gasteiger partial charge in [-0.3, -0.25) is 0 Å². The van der Waals surface area contributed by atoms with E-state index in [4.69, 9.17) is 39.6 Å². The molecule has 0 bridgehead atoms. The first-order valence-corrected chi connectivity index (χ1v) is 4.32. The molecule has 0 aromatic heterocycles. The second-order valence-corrected chi connectivity index (χ2v) is 2.58. The molecule has 0 aromatic rings. The number of carbonyl (C=O) groups is 4. The first kappa shape index (κ1) is 36.5. The van der Waals surface area contributed by atoms with Crippen LogP contribution in [0.5, 0.6) is 0 Å². The van der Waals surface area contributed by atoms with Crippen LogP contribution in [0.15, 0.2) is 0 Å². The van der Waals surface area contributed by atoms with Crippen LogP contribution < -0.4 is 64.2 Å². The molecule has 0 spiro atoms. The number of thiol groups is 3. The maximum absolute atomic E-state index is 8.86. The van der Waals surface area contributed by atoms with Gasteiger partial charge >= 0.3 is 75.0 Å². The number of carboxylic acid groups (broad SMARTS) is 4. The van der Waals surface area contributed by atoms with Crippen LogP contribution in [0.3, 0.4) is 0 Å². The molecule has 0 fully saturated rings. The van der Waals surface area contributed by atoms with E-state index in [9.17, 15) is 0 Å². The molecule has 96 valence electrons. The van der Waals surface area contributed by atoms with Crippen LogP contribution in [0, 0.1) is 0 Å². The molecule has 0 aliphatic heterocycles. The Labute approximate surface area is 168 Å². The molecular weight excluding hydrogens is 350 g/mol. The monoisotopic (exact) mass is 356 g/mol. The van der Waals surface area contributed by atoms with Crippen molar-refractivity contribution in [1.82, 2.24) is 0 Å². The largest absolute Gasteiger partial charge is 1.00 e. The van der Waals surface area contributed by atoms with Crippen molar-refractivity contribution >= 4 is 71.7 Å². The van der Waals surface area contributed by atoms with E-state index < -0.39 is 21.2 Å². The van der Waals surface area contributed by atoms with Gasteiger partial charge in [-0.15, -0.1) is 0 Å². The van der Waals surface area contributed by atoms with Crippen molar-refractivity contribution in [2.75, 3.05) is 0 Å². The van der Waals surface area contributed by atoms with E-state index >= 15 is 0 Å². The van der Waals surface area contributed by atoms with Crippen LogP contribution in [0.1, 0.15) is 0 Å². The second-order valence-electron chi connectivity index (χ2n) is 1.10. The van der Waals surface area contributed by atoms with Gasteiger partial charge in [-0.1, -0.05) is 43.2 Å². The van der Waals surface area contributed by atoms with Crippen molar-refractivity contribution in [3.8, 4) is 0 Å². The molecule has 0 aromatic carbocycles. The molecule has 0 aliphatic carbocycles. The Morgan fingerprint density at radius 1 is 0.778 bits per heavy atom. The maximum atomic E-state index is 8.86. The van der Waals surface area contributed by atoms with Gasteiger partial charge in [0, 0.05) is 0 Å². The third-order valence-electron chi connectivity index (χ3n) is 0. The number of rotatable bonds is 0. The molecule has 0 radical (unpaired) electrons. The molecule has 18 heavy (non-hydrogen) atoms. The molecule has 0 rings (SSSR count). The Bertz CT molecular complexity index is 173. The zero-order valence-corrected chi connectivity index (χ0v) is 16.6. The molecule has 0 saturated carbocycles. The van der Waals surface area contributed by atoms with E-state index in [0.717, 1.165) is 0 Å². The Morgan fingerprint density at radius 2 is 0.778 bits per heavy atom. The fraction of sp³-hybridized carbons (Fsp3) is 0. The van der Waals surface area contributed by atoms with Crippen molar-refractivity contribution in [3.05, 3.63) is 0 Å². The summed E-state index contributed by atoms with van der Waals surface area (Å²) in [4.78, 5) is 35.3. The topological polar surface area (TPSA) is 152 Å². The van der Waals surface area contributed by atoms with Gasteiger partial charge in [0.25, 0.3) is 0 Å². The molecular formula is C4H6Na2O8S4. The van der Waals surface area contributed by atoms with E-state index in [-0.39, 0.29) is 59.1 Å². The Hall–Kier alpha value is 1.15. The Morgan fingerprint density at radius 3 is 0.778 bits per heavy atom. The van der Waals surface area contributed by atoms with E-state index in [1.807, 2.05) is 0 Å². The summed E-state index contributed by atoms with van der Waals surface area (Å²) in [6, 6.07) is 0. The summed E-state index contributed by atoms with van der Waals surface area (Å²) < 4.78 is 0. The molecule has 0 aliphatic rings. The van der Waals surface area contributed by atoms with Crippen molar-refractivity contribution in [1.29, 1.82) is 0 Å². The van der Waals surface area contributed by atoms with Crippen LogP contribution in [0.25, 0.3) is 0 Å². The van der Waals surface area contributed by atoms with Gasteiger partial charge in [0.05, 0.1) is 0 Å². The molecule has 0 heterocycles. The number of hydrogen-bond acceptors (Lipinski definition) is 6. The van der Waals surface area contributed by atoms with Gasteiger partial charge in [0.2, 0.25) is 0 Å². The van der Waals surface area contributed by atoms with Gasteiger partial charge in [-0.2, -0.15) is 0 Å². The summed E-state index contributed by atoms with van der Waals surface area (Å²) in [6.07, 6.45) is 0. The van der Waals surface area contributed by atoms with Crippen molar-refractivity contribution in [3.63, 3.8) is 0 Å². The zero-order chi connectivity index (χ0) is 14.3. The van der Waals surface area contributed by atoms with Crippen LogP contribution in [0.2, 0.25) is 0 Å². The molecule has 0 saturated heterocycles. The van der Waals surface area contributed by atoms with Gasteiger partial charge in [0.1, 0.15) is 0 Å². The maximum Gasteiger partial charge on any atom is 1.00 e. The minimum absolute atomic E-state index is 0. The van der Waals surface area contributed by atoms with Crippen molar-refractivity contribution in [2.45, 2.75) is 0 Å². The standard InChI is InChI=1S/4CH2O2S.2Na/c4*2-1(3)4;;/h4*4H,(H,2,3);;/q;;;;2*+1/p-2. The second kappa shape index (κ2) is 30.9. The first-order chi connectivity index (χ1) is 6.93. The minimum atomic E-state index is -1.50. The third-order valence-corrected chi connectivity index (χ3v) is 0. The van der Waals surface area contributed by atoms with E-state index in [2.05, 4.69) is 50.5 Å². The van der Waals surface area contributed by atoms with E-state index in [0.29, 0.717) is 0 Å². The van der Waals surface area contributed by atoms with Crippen molar-refractivity contribution in [2.24, 2.45) is 0 Å². The van der Waals surface area contributed by atoms with Crippen LogP contribution in [0.4, 0.5) is 19.2 Å². The van der Waals surface area contributed by atoms with Crippen LogP contribution in [-0.2, 0) is 12.6 Å². The van der Waals surface area contributed by atoms with Crippen LogP contribution in [-0.4, -0.2) is 36.5 Å². The first-order valence-electron chi connectivity index (χ1n) is 2.57. The summed E-state index contributed by atoms with van der Waals surface area (Å²) in [7, 11) is 0. The fourth-order valence-electron chi connectivity index (χ4n) is 0. The molecule has 3 N–H and O–H groups in total. The summed E-state index contributed by atoms with van der Waals surface area (Å²) in [5.74, 6) is 0. The zero-order valence-electron chi connectivity index (χ0n) is 9.13. The normalized spacial score (nSPS) is 5.50. The summed E-state index contributed by atoms with van der Waals surface area (Å²) in [5.41, 5.74) is 0. The average Bonchev–Trinajstić information content (AvgIpc) is 1.76. The minimum Gasteiger partial charge on any atom is -0.764 e. The predicted molar refractivity (Wildman–Crippen MR) is 63.8 cm³/mol. The number of carbonyl (C=O) groups excluding carboxylic acids is 1. The molecule has 0 unspecified atom stereocenters. The SMILES string of the molecule is O=C(O)S.O=C(O)S.O=C(O)S.O=C([O-])[S-].[Na+].[Na+]. The van der Waals surface area contributed by atoms with Crippen molar-refractivity contribution < 1.29 is 98.7 Å². The average molecular weight is 356 g/mol. The van der Waals surface area contributed by atoms with Gasteiger partial charge in [-0.05, 0) is 0 Å². The quantitative estimate of drug-likeness (QED) is 0.142. The smallest absolute Gasteiger partial charge is 0.764 e. The van der Waals surface area contributed by atoms with Gasteiger partial charge < -0.3 is 37.8 Å². The molecule has 14 heteroatoms.